The lowest BCUT2D eigenvalue weighted by Gasteiger charge is -2.23. The molecule has 0 aromatic rings. The summed E-state index contributed by atoms with van der Waals surface area (Å²) in [5.41, 5.74) is -0.541. The SMILES string of the molecule is C=CCOC(=O)C(NC(=O)C(C)CCC(=O)OC(C)(C)C)C(C)C. The van der Waals surface area contributed by atoms with Crippen LogP contribution in [0.1, 0.15) is 54.4 Å². The molecule has 0 fully saturated rings. The molecule has 138 valence electrons. The van der Waals surface area contributed by atoms with Gasteiger partial charge in [0.15, 0.2) is 0 Å². The molecule has 2 atom stereocenters. The van der Waals surface area contributed by atoms with Crippen molar-refractivity contribution in [2.45, 2.75) is 66.0 Å². The monoisotopic (exact) mass is 341 g/mol. The molecule has 0 aromatic heterocycles. The third-order valence-electron chi connectivity index (χ3n) is 3.21. The van der Waals surface area contributed by atoms with Gasteiger partial charge < -0.3 is 14.8 Å². The maximum absolute atomic E-state index is 12.2. The van der Waals surface area contributed by atoms with E-state index in [2.05, 4.69) is 11.9 Å². The van der Waals surface area contributed by atoms with Crippen LogP contribution in [-0.2, 0) is 23.9 Å². The smallest absolute Gasteiger partial charge is 0.329 e. The highest BCUT2D eigenvalue weighted by atomic mass is 16.6. The number of nitrogens with one attached hydrogen (secondary N) is 1. The predicted molar refractivity (Wildman–Crippen MR) is 92.2 cm³/mol. The lowest BCUT2D eigenvalue weighted by atomic mass is 10.0. The van der Waals surface area contributed by atoms with Crippen LogP contribution < -0.4 is 5.32 Å². The van der Waals surface area contributed by atoms with Crippen LogP contribution in [0.4, 0.5) is 0 Å². The van der Waals surface area contributed by atoms with Crippen molar-refractivity contribution in [1.82, 2.24) is 5.32 Å². The molecule has 0 radical (unpaired) electrons. The first kappa shape index (κ1) is 22.1. The van der Waals surface area contributed by atoms with Gasteiger partial charge in [0.1, 0.15) is 18.2 Å². The van der Waals surface area contributed by atoms with E-state index in [0.717, 1.165) is 0 Å². The summed E-state index contributed by atoms with van der Waals surface area (Å²) in [7, 11) is 0. The number of ether oxygens (including phenoxy) is 2. The van der Waals surface area contributed by atoms with Crippen LogP contribution in [-0.4, -0.2) is 36.1 Å². The number of hydrogen-bond donors (Lipinski definition) is 1. The molecular weight excluding hydrogens is 310 g/mol. The zero-order chi connectivity index (χ0) is 18.9. The highest BCUT2D eigenvalue weighted by Crippen LogP contribution is 2.13. The van der Waals surface area contributed by atoms with Gasteiger partial charge in [-0.3, -0.25) is 9.59 Å². The molecule has 0 aliphatic heterocycles. The summed E-state index contributed by atoms with van der Waals surface area (Å²) in [5.74, 6) is -1.63. The number of carbonyl (C=O) groups is 3. The van der Waals surface area contributed by atoms with Crippen molar-refractivity contribution in [2.75, 3.05) is 6.61 Å². The first-order chi connectivity index (χ1) is 11.0. The van der Waals surface area contributed by atoms with E-state index in [-0.39, 0.29) is 30.8 Å². The predicted octanol–water partition coefficient (Wildman–Crippen LogP) is 2.61. The zero-order valence-electron chi connectivity index (χ0n) is 15.7. The number of amides is 1. The second-order valence-electron chi connectivity index (χ2n) is 7.18. The van der Waals surface area contributed by atoms with E-state index in [4.69, 9.17) is 9.47 Å². The van der Waals surface area contributed by atoms with Crippen molar-refractivity contribution in [3.63, 3.8) is 0 Å². The van der Waals surface area contributed by atoms with Gasteiger partial charge in [-0.25, -0.2) is 4.79 Å². The average Bonchev–Trinajstić information content (AvgIpc) is 2.45. The Bertz CT molecular complexity index is 451. The Hall–Kier alpha value is -1.85. The van der Waals surface area contributed by atoms with Gasteiger partial charge in [0.05, 0.1) is 0 Å². The molecule has 0 aromatic carbocycles. The molecule has 0 heterocycles. The standard InChI is InChI=1S/C18H31NO5/c1-8-11-23-17(22)15(12(2)3)19-16(21)13(4)9-10-14(20)24-18(5,6)7/h8,12-13,15H,1,9-11H2,2-7H3,(H,19,21). The van der Waals surface area contributed by atoms with E-state index in [0.29, 0.717) is 6.42 Å². The first-order valence-electron chi connectivity index (χ1n) is 8.27. The Morgan fingerprint density at radius 2 is 1.75 bits per heavy atom. The third kappa shape index (κ3) is 9.33. The summed E-state index contributed by atoms with van der Waals surface area (Å²) in [5, 5.41) is 2.70. The molecule has 6 heteroatoms. The summed E-state index contributed by atoms with van der Waals surface area (Å²) < 4.78 is 10.2. The van der Waals surface area contributed by atoms with E-state index in [9.17, 15) is 14.4 Å². The number of hydrogen-bond acceptors (Lipinski definition) is 5. The van der Waals surface area contributed by atoms with Crippen LogP contribution in [0.15, 0.2) is 12.7 Å². The first-order valence-corrected chi connectivity index (χ1v) is 8.27. The van der Waals surface area contributed by atoms with E-state index in [1.165, 1.54) is 6.08 Å². The fraction of sp³-hybridized carbons (Fsp3) is 0.722. The average molecular weight is 341 g/mol. The van der Waals surface area contributed by atoms with Gasteiger partial charge in [0.2, 0.25) is 5.91 Å². The van der Waals surface area contributed by atoms with Crippen molar-refractivity contribution in [3.8, 4) is 0 Å². The van der Waals surface area contributed by atoms with E-state index in [1.54, 1.807) is 27.7 Å². The molecule has 0 saturated heterocycles. The van der Waals surface area contributed by atoms with Gasteiger partial charge in [-0.1, -0.05) is 33.4 Å². The molecular formula is C18H31NO5. The van der Waals surface area contributed by atoms with Gasteiger partial charge in [-0.15, -0.1) is 0 Å². The summed E-state index contributed by atoms with van der Waals surface area (Å²) in [6.07, 6.45) is 1.98. The third-order valence-corrected chi connectivity index (χ3v) is 3.21. The van der Waals surface area contributed by atoms with Crippen LogP contribution in [0.3, 0.4) is 0 Å². The van der Waals surface area contributed by atoms with Gasteiger partial charge in [-0.2, -0.15) is 0 Å². The number of esters is 2. The van der Waals surface area contributed by atoms with Crippen LogP contribution in [0.5, 0.6) is 0 Å². The Morgan fingerprint density at radius 1 is 1.17 bits per heavy atom. The Morgan fingerprint density at radius 3 is 2.21 bits per heavy atom. The maximum atomic E-state index is 12.2. The van der Waals surface area contributed by atoms with E-state index in [1.807, 2.05) is 13.8 Å². The highest BCUT2D eigenvalue weighted by molar-refractivity contribution is 5.86. The highest BCUT2D eigenvalue weighted by Gasteiger charge is 2.27. The van der Waals surface area contributed by atoms with E-state index >= 15 is 0 Å². The molecule has 0 rings (SSSR count). The molecule has 0 spiro atoms. The van der Waals surface area contributed by atoms with Crippen molar-refractivity contribution < 1.29 is 23.9 Å². The Labute approximate surface area is 145 Å². The normalized spacial score (nSPS) is 13.8. The fourth-order valence-corrected chi connectivity index (χ4v) is 1.88. The molecule has 1 N–H and O–H groups in total. The minimum absolute atomic E-state index is 0.103. The number of carbonyl (C=O) groups excluding carboxylic acids is 3. The van der Waals surface area contributed by atoms with Crippen LogP contribution in [0.2, 0.25) is 0 Å². The van der Waals surface area contributed by atoms with Crippen LogP contribution in [0, 0.1) is 11.8 Å². The van der Waals surface area contributed by atoms with Crippen molar-refractivity contribution in [3.05, 3.63) is 12.7 Å². The van der Waals surface area contributed by atoms with Crippen molar-refractivity contribution in [2.24, 2.45) is 11.8 Å². The lowest BCUT2D eigenvalue weighted by molar-refractivity contribution is -0.155. The summed E-state index contributed by atoms with van der Waals surface area (Å²) >= 11 is 0. The zero-order valence-corrected chi connectivity index (χ0v) is 15.7. The molecule has 24 heavy (non-hydrogen) atoms. The van der Waals surface area contributed by atoms with Crippen LogP contribution >= 0.6 is 0 Å². The van der Waals surface area contributed by atoms with Gasteiger partial charge in [-0.05, 0) is 33.1 Å². The topological polar surface area (TPSA) is 81.7 Å². The summed E-state index contributed by atoms with van der Waals surface area (Å²) in [6.45, 7) is 14.3. The lowest BCUT2D eigenvalue weighted by Crippen LogP contribution is -2.47. The Kier molecular flexibility index (Phi) is 9.33. The second kappa shape index (κ2) is 10.1. The fourth-order valence-electron chi connectivity index (χ4n) is 1.88. The van der Waals surface area contributed by atoms with E-state index < -0.39 is 23.5 Å². The van der Waals surface area contributed by atoms with Crippen molar-refractivity contribution >= 4 is 17.8 Å². The molecule has 2 unspecified atom stereocenters. The minimum atomic E-state index is -0.721. The molecule has 0 saturated carbocycles. The quantitative estimate of drug-likeness (QED) is 0.515. The van der Waals surface area contributed by atoms with Crippen molar-refractivity contribution in [1.29, 1.82) is 0 Å². The molecule has 1 amide bonds. The van der Waals surface area contributed by atoms with Crippen LogP contribution in [0.25, 0.3) is 0 Å². The summed E-state index contributed by atoms with van der Waals surface area (Å²) in [6, 6.07) is -0.721. The second-order valence-corrected chi connectivity index (χ2v) is 7.18. The minimum Gasteiger partial charge on any atom is -0.460 e. The Balaban J connectivity index is 4.51. The van der Waals surface area contributed by atoms with Gasteiger partial charge in [0, 0.05) is 12.3 Å². The number of rotatable bonds is 9. The molecule has 0 aliphatic rings. The largest absolute Gasteiger partial charge is 0.460 e. The molecule has 0 aliphatic carbocycles. The molecule has 0 bridgehead atoms. The molecule has 6 nitrogen and oxygen atoms in total. The summed E-state index contributed by atoms with van der Waals surface area (Å²) in [4.78, 5) is 35.9. The van der Waals surface area contributed by atoms with Gasteiger partial charge >= 0.3 is 11.9 Å². The van der Waals surface area contributed by atoms with Gasteiger partial charge in [0.25, 0.3) is 0 Å². The maximum Gasteiger partial charge on any atom is 0.329 e.